The molecule has 0 aliphatic rings. The molecule has 0 N–H and O–H groups in total. The topological polar surface area (TPSA) is 0 Å². The SMILES string of the molecule is CCCCCCCCC(CCCC)CC(C)CCCCC. The molecule has 0 rings (SSSR count). The first-order valence-corrected chi connectivity index (χ1v) is 10.2. The second-order valence-corrected chi connectivity index (χ2v) is 7.40. The third-order valence-electron chi connectivity index (χ3n) is 4.97. The van der Waals surface area contributed by atoms with Crippen LogP contribution in [0.1, 0.15) is 124 Å². The molecule has 0 aliphatic carbocycles. The van der Waals surface area contributed by atoms with Gasteiger partial charge in [0.25, 0.3) is 0 Å². The van der Waals surface area contributed by atoms with Crippen LogP contribution in [0.4, 0.5) is 0 Å². The van der Waals surface area contributed by atoms with E-state index in [1.165, 1.54) is 96.3 Å². The van der Waals surface area contributed by atoms with Gasteiger partial charge >= 0.3 is 0 Å². The Morgan fingerprint density at radius 2 is 1.00 bits per heavy atom. The van der Waals surface area contributed by atoms with E-state index in [1.54, 1.807) is 0 Å². The van der Waals surface area contributed by atoms with Gasteiger partial charge in [0, 0.05) is 0 Å². The van der Waals surface area contributed by atoms with Gasteiger partial charge in [-0.15, -0.1) is 0 Å². The second kappa shape index (κ2) is 16.4. The van der Waals surface area contributed by atoms with Gasteiger partial charge in [0.05, 0.1) is 0 Å². The maximum Gasteiger partial charge on any atom is -0.0412 e. The summed E-state index contributed by atoms with van der Waals surface area (Å²) >= 11 is 0. The van der Waals surface area contributed by atoms with Crippen molar-refractivity contribution in [1.82, 2.24) is 0 Å². The smallest absolute Gasteiger partial charge is 0.0412 e. The largest absolute Gasteiger partial charge is 0.0654 e. The molecule has 0 bridgehead atoms. The van der Waals surface area contributed by atoms with Crippen LogP contribution in [-0.4, -0.2) is 0 Å². The molecule has 0 aromatic rings. The summed E-state index contributed by atoms with van der Waals surface area (Å²) in [4.78, 5) is 0. The van der Waals surface area contributed by atoms with E-state index in [9.17, 15) is 0 Å². The fourth-order valence-electron chi connectivity index (χ4n) is 3.52. The zero-order valence-corrected chi connectivity index (χ0v) is 15.8. The van der Waals surface area contributed by atoms with Crippen molar-refractivity contribution in [3.63, 3.8) is 0 Å². The summed E-state index contributed by atoms with van der Waals surface area (Å²) in [5.74, 6) is 1.98. The predicted molar refractivity (Wildman–Crippen MR) is 98.9 cm³/mol. The standard InChI is InChI=1S/C21H44/c1-5-8-11-12-13-15-18-21(17-10-7-3)19-20(4)16-14-9-6-2/h20-21H,5-19H2,1-4H3. The lowest BCUT2D eigenvalue weighted by atomic mass is 9.85. The van der Waals surface area contributed by atoms with Gasteiger partial charge in [-0.2, -0.15) is 0 Å². The monoisotopic (exact) mass is 296 g/mol. The third-order valence-corrected chi connectivity index (χ3v) is 4.97. The predicted octanol–water partition coefficient (Wildman–Crippen LogP) is 8.15. The lowest BCUT2D eigenvalue weighted by molar-refractivity contribution is 0.316. The summed E-state index contributed by atoms with van der Waals surface area (Å²) in [5, 5.41) is 0. The minimum Gasteiger partial charge on any atom is -0.0654 e. The molecule has 2 atom stereocenters. The Labute approximate surface area is 136 Å². The van der Waals surface area contributed by atoms with E-state index in [2.05, 4.69) is 27.7 Å². The van der Waals surface area contributed by atoms with Crippen molar-refractivity contribution in [2.45, 2.75) is 124 Å². The molecular weight excluding hydrogens is 252 g/mol. The summed E-state index contributed by atoms with van der Waals surface area (Å²) in [6.45, 7) is 9.45. The van der Waals surface area contributed by atoms with Crippen LogP contribution < -0.4 is 0 Å². The number of rotatable bonds is 16. The Morgan fingerprint density at radius 1 is 0.524 bits per heavy atom. The Hall–Kier alpha value is 0. The minimum atomic E-state index is 0.957. The Bertz CT molecular complexity index is 184. The quantitative estimate of drug-likeness (QED) is 0.252. The van der Waals surface area contributed by atoms with Crippen molar-refractivity contribution in [3.8, 4) is 0 Å². The molecule has 0 aromatic carbocycles. The van der Waals surface area contributed by atoms with E-state index in [0.717, 1.165) is 11.8 Å². The van der Waals surface area contributed by atoms with Crippen molar-refractivity contribution in [2.24, 2.45) is 11.8 Å². The van der Waals surface area contributed by atoms with Crippen molar-refractivity contribution in [2.75, 3.05) is 0 Å². The van der Waals surface area contributed by atoms with Crippen LogP contribution >= 0.6 is 0 Å². The highest BCUT2D eigenvalue weighted by Crippen LogP contribution is 2.27. The van der Waals surface area contributed by atoms with E-state index in [4.69, 9.17) is 0 Å². The molecule has 0 heteroatoms. The zero-order chi connectivity index (χ0) is 15.8. The zero-order valence-electron chi connectivity index (χ0n) is 15.8. The molecular formula is C21H44. The van der Waals surface area contributed by atoms with E-state index in [-0.39, 0.29) is 0 Å². The molecule has 0 heterocycles. The minimum absolute atomic E-state index is 0.957. The lowest BCUT2D eigenvalue weighted by Crippen LogP contribution is -2.07. The fraction of sp³-hybridized carbons (Fsp3) is 1.00. The molecule has 0 nitrogen and oxygen atoms in total. The Balaban J connectivity index is 3.79. The average molecular weight is 297 g/mol. The highest BCUT2D eigenvalue weighted by atomic mass is 14.2. The highest BCUT2D eigenvalue weighted by Gasteiger charge is 2.12. The molecule has 0 amide bonds. The van der Waals surface area contributed by atoms with Crippen molar-refractivity contribution < 1.29 is 0 Å². The average Bonchev–Trinajstić information content (AvgIpc) is 2.48. The van der Waals surface area contributed by atoms with Gasteiger partial charge in [0.1, 0.15) is 0 Å². The van der Waals surface area contributed by atoms with Crippen LogP contribution in [0.2, 0.25) is 0 Å². The van der Waals surface area contributed by atoms with Gasteiger partial charge in [0.2, 0.25) is 0 Å². The van der Waals surface area contributed by atoms with Crippen LogP contribution in [0.5, 0.6) is 0 Å². The molecule has 21 heavy (non-hydrogen) atoms. The van der Waals surface area contributed by atoms with Gasteiger partial charge < -0.3 is 0 Å². The van der Waals surface area contributed by atoms with Crippen LogP contribution in [0.3, 0.4) is 0 Å². The fourth-order valence-corrected chi connectivity index (χ4v) is 3.52. The van der Waals surface area contributed by atoms with Crippen LogP contribution in [0.15, 0.2) is 0 Å². The summed E-state index contributed by atoms with van der Waals surface area (Å²) in [6, 6.07) is 0. The van der Waals surface area contributed by atoms with E-state index in [0.29, 0.717) is 0 Å². The molecule has 128 valence electrons. The van der Waals surface area contributed by atoms with Gasteiger partial charge in [-0.05, 0) is 18.3 Å². The van der Waals surface area contributed by atoms with Crippen molar-refractivity contribution >= 4 is 0 Å². The molecule has 0 aliphatic heterocycles. The van der Waals surface area contributed by atoms with Gasteiger partial charge in [-0.3, -0.25) is 0 Å². The lowest BCUT2D eigenvalue weighted by Gasteiger charge is -2.21. The normalized spacial score (nSPS) is 14.3. The van der Waals surface area contributed by atoms with Gasteiger partial charge in [-0.1, -0.05) is 118 Å². The second-order valence-electron chi connectivity index (χ2n) is 7.40. The van der Waals surface area contributed by atoms with E-state index >= 15 is 0 Å². The number of hydrogen-bond donors (Lipinski definition) is 0. The first-order chi connectivity index (χ1) is 10.2. The Kier molecular flexibility index (Phi) is 16.4. The summed E-state index contributed by atoms with van der Waals surface area (Å²) < 4.78 is 0. The maximum absolute atomic E-state index is 2.50. The molecule has 0 saturated carbocycles. The summed E-state index contributed by atoms with van der Waals surface area (Å²) in [6.07, 6.45) is 21.7. The van der Waals surface area contributed by atoms with Crippen molar-refractivity contribution in [3.05, 3.63) is 0 Å². The van der Waals surface area contributed by atoms with Gasteiger partial charge in [-0.25, -0.2) is 0 Å². The number of unbranched alkanes of at least 4 members (excludes halogenated alkanes) is 8. The Morgan fingerprint density at radius 3 is 1.67 bits per heavy atom. The van der Waals surface area contributed by atoms with Crippen molar-refractivity contribution in [1.29, 1.82) is 0 Å². The molecule has 0 saturated heterocycles. The molecule has 0 spiro atoms. The van der Waals surface area contributed by atoms with Crippen LogP contribution in [-0.2, 0) is 0 Å². The van der Waals surface area contributed by atoms with Crippen LogP contribution in [0.25, 0.3) is 0 Å². The van der Waals surface area contributed by atoms with E-state index < -0.39 is 0 Å². The summed E-state index contributed by atoms with van der Waals surface area (Å²) in [7, 11) is 0. The van der Waals surface area contributed by atoms with E-state index in [1.807, 2.05) is 0 Å². The molecule has 0 radical (unpaired) electrons. The molecule has 0 fully saturated rings. The summed E-state index contributed by atoms with van der Waals surface area (Å²) in [5.41, 5.74) is 0. The molecule has 0 aromatic heterocycles. The number of hydrogen-bond acceptors (Lipinski definition) is 0. The van der Waals surface area contributed by atoms with Gasteiger partial charge in [0.15, 0.2) is 0 Å². The third kappa shape index (κ3) is 14.7. The maximum atomic E-state index is 2.50. The first kappa shape index (κ1) is 21.0. The first-order valence-electron chi connectivity index (χ1n) is 10.2. The van der Waals surface area contributed by atoms with Crippen LogP contribution in [0, 0.1) is 11.8 Å². The highest BCUT2D eigenvalue weighted by molar-refractivity contribution is 4.65. The molecule has 2 unspecified atom stereocenters.